The zero-order chi connectivity index (χ0) is 24.2. The van der Waals surface area contributed by atoms with Crippen LogP contribution >= 0.6 is 0 Å². The van der Waals surface area contributed by atoms with Crippen molar-refractivity contribution in [1.29, 1.82) is 5.26 Å². The molecule has 0 bridgehead atoms. The van der Waals surface area contributed by atoms with Crippen LogP contribution in [0.1, 0.15) is 41.8 Å². The highest BCUT2D eigenvalue weighted by Gasteiger charge is 2.16. The summed E-state index contributed by atoms with van der Waals surface area (Å²) in [6.45, 7) is 6.63. The Morgan fingerprint density at radius 3 is 2.65 bits per heavy atom. The first-order chi connectivity index (χ1) is 16.4. The zero-order valence-corrected chi connectivity index (χ0v) is 19.4. The first-order valence-corrected chi connectivity index (χ1v) is 11.1. The molecular formula is C26H25N5O3. The Morgan fingerprint density at radius 2 is 1.94 bits per heavy atom. The monoisotopic (exact) mass is 455 g/mol. The van der Waals surface area contributed by atoms with Gasteiger partial charge in [-0.25, -0.2) is 4.98 Å². The van der Waals surface area contributed by atoms with Gasteiger partial charge < -0.3 is 9.30 Å². The molecule has 1 amide bonds. The summed E-state index contributed by atoms with van der Waals surface area (Å²) in [5, 5.41) is 10.2. The molecule has 1 aromatic carbocycles. The third kappa shape index (κ3) is 4.51. The van der Waals surface area contributed by atoms with Gasteiger partial charge in [0.05, 0.1) is 17.1 Å². The summed E-state index contributed by atoms with van der Waals surface area (Å²) in [4.78, 5) is 35.3. The Morgan fingerprint density at radius 1 is 1.18 bits per heavy atom. The second-order valence-corrected chi connectivity index (χ2v) is 8.24. The number of aromatic nitrogens is 3. The summed E-state index contributed by atoms with van der Waals surface area (Å²) in [5.74, 6) is -0.475. The summed E-state index contributed by atoms with van der Waals surface area (Å²) in [7, 11) is 0. The summed E-state index contributed by atoms with van der Waals surface area (Å²) < 4.78 is 8.83. The van der Waals surface area contributed by atoms with Crippen molar-refractivity contribution in [3.63, 3.8) is 0 Å². The molecule has 4 rings (SSSR count). The first kappa shape index (κ1) is 23.1. The smallest absolute Gasteiger partial charge is 0.278 e. The number of rotatable bonds is 6. The Hall–Kier alpha value is -4.09. The number of nitriles is 1. The molecule has 0 unspecified atom stereocenters. The molecule has 0 spiro atoms. The number of hydrogen-bond donors (Lipinski definition) is 0. The number of pyridine rings is 2. The highest BCUT2D eigenvalue weighted by atomic mass is 16.5. The van der Waals surface area contributed by atoms with E-state index >= 15 is 0 Å². The van der Waals surface area contributed by atoms with E-state index in [1.165, 1.54) is 10.5 Å². The van der Waals surface area contributed by atoms with Crippen LogP contribution in [0, 0.1) is 18.3 Å². The van der Waals surface area contributed by atoms with Crippen LogP contribution in [0.15, 0.2) is 64.5 Å². The van der Waals surface area contributed by atoms with Crippen LogP contribution in [-0.4, -0.2) is 32.6 Å². The molecule has 8 heteroatoms. The van der Waals surface area contributed by atoms with E-state index < -0.39 is 5.91 Å². The number of benzene rings is 1. The van der Waals surface area contributed by atoms with Gasteiger partial charge in [0.1, 0.15) is 17.4 Å². The lowest BCUT2D eigenvalue weighted by atomic mass is 10.2. The fourth-order valence-corrected chi connectivity index (χ4v) is 3.78. The minimum absolute atomic E-state index is 0.0744. The molecule has 4 aromatic rings. The quantitative estimate of drug-likeness (QED) is 0.328. The van der Waals surface area contributed by atoms with E-state index in [9.17, 15) is 14.9 Å². The van der Waals surface area contributed by atoms with Crippen LogP contribution in [0.3, 0.4) is 0 Å². The molecular weight excluding hydrogens is 430 g/mol. The largest absolute Gasteiger partial charge is 0.379 e. The van der Waals surface area contributed by atoms with Crippen molar-refractivity contribution in [2.75, 3.05) is 6.61 Å². The maximum absolute atomic E-state index is 13.3. The number of nitrogens with zero attached hydrogens (tertiary/aromatic N) is 5. The predicted octanol–water partition coefficient (Wildman–Crippen LogP) is 3.39. The van der Waals surface area contributed by atoms with Crippen molar-refractivity contribution in [3.8, 4) is 6.07 Å². The zero-order valence-electron chi connectivity index (χ0n) is 19.4. The standard InChI is InChI=1S/C26H25N5O3/c1-17(2)34-14-8-13-30-23(29-25(32)19-10-5-4-6-11-19)20(16-27)15-21-24(30)28-22-18(3)9-7-12-31(22)26(21)33/h4-7,9-12,15,17H,8,13-14H2,1-3H3. The summed E-state index contributed by atoms with van der Waals surface area (Å²) in [6, 6.07) is 15.9. The van der Waals surface area contributed by atoms with Crippen molar-refractivity contribution < 1.29 is 9.53 Å². The van der Waals surface area contributed by atoms with E-state index in [2.05, 4.69) is 11.1 Å². The normalized spacial score (nSPS) is 11.9. The molecule has 8 nitrogen and oxygen atoms in total. The number of carbonyl (C=O) groups excluding carboxylic acids is 1. The molecule has 0 fully saturated rings. The maximum Gasteiger partial charge on any atom is 0.278 e. The molecule has 0 radical (unpaired) electrons. The summed E-state index contributed by atoms with van der Waals surface area (Å²) in [5.41, 5.74) is 2.15. The van der Waals surface area contributed by atoms with Gasteiger partial charge in [0.2, 0.25) is 0 Å². The van der Waals surface area contributed by atoms with Crippen molar-refractivity contribution >= 4 is 22.6 Å². The highest BCUT2D eigenvalue weighted by molar-refractivity contribution is 5.95. The van der Waals surface area contributed by atoms with Crippen LogP contribution in [0.2, 0.25) is 0 Å². The van der Waals surface area contributed by atoms with E-state index in [-0.39, 0.29) is 28.1 Å². The first-order valence-electron chi connectivity index (χ1n) is 11.1. The van der Waals surface area contributed by atoms with Crippen molar-refractivity contribution in [1.82, 2.24) is 14.0 Å². The van der Waals surface area contributed by atoms with Crippen molar-refractivity contribution in [2.24, 2.45) is 4.99 Å². The van der Waals surface area contributed by atoms with Gasteiger partial charge in [0.15, 0.2) is 5.49 Å². The molecule has 34 heavy (non-hydrogen) atoms. The number of aryl methyl sites for hydroxylation is 2. The Kier molecular flexibility index (Phi) is 6.66. The van der Waals surface area contributed by atoms with E-state index in [0.717, 1.165) is 5.56 Å². The van der Waals surface area contributed by atoms with Crippen LogP contribution in [0.25, 0.3) is 16.7 Å². The van der Waals surface area contributed by atoms with Crippen LogP contribution in [0.5, 0.6) is 0 Å². The van der Waals surface area contributed by atoms with Gasteiger partial charge >= 0.3 is 0 Å². The summed E-state index contributed by atoms with van der Waals surface area (Å²) >= 11 is 0. The Labute approximate surface area is 196 Å². The predicted molar refractivity (Wildman–Crippen MR) is 128 cm³/mol. The van der Waals surface area contributed by atoms with E-state index in [1.54, 1.807) is 41.1 Å². The second-order valence-electron chi connectivity index (χ2n) is 8.24. The Balaban J connectivity index is 2.01. The lowest BCUT2D eigenvalue weighted by molar-refractivity contribution is 0.0748. The van der Waals surface area contributed by atoms with Crippen molar-refractivity contribution in [3.05, 3.63) is 87.3 Å². The number of carbonyl (C=O) groups is 1. The van der Waals surface area contributed by atoms with Gasteiger partial charge in [-0.1, -0.05) is 24.3 Å². The van der Waals surface area contributed by atoms with Crippen molar-refractivity contribution in [2.45, 2.75) is 39.8 Å². The van der Waals surface area contributed by atoms with Gasteiger partial charge in [-0.3, -0.25) is 14.0 Å². The molecule has 3 heterocycles. The van der Waals surface area contributed by atoms with Gasteiger partial charge in [-0.05, 0) is 57.0 Å². The van der Waals surface area contributed by atoms with Crippen LogP contribution in [-0.2, 0) is 11.3 Å². The lowest BCUT2D eigenvalue weighted by Crippen LogP contribution is -2.30. The molecule has 0 saturated heterocycles. The third-order valence-electron chi connectivity index (χ3n) is 5.43. The third-order valence-corrected chi connectivity index (χ3v) is 5.43. The number of hydrogen-bond acceptors (Lipinski definition) is 5. The summed E-state index contributed by atoms with van der Waals surface area (Å²) in [6.07, 6.45) is 2.32. The number of amides is 1. The fraction of sp³-hybridized carbons (Fsp3) is 0.269. The van der Waals surface area contributed by atoms with E-state index in [4.69, 9.17) is 9.72 Å². The second kappa shape index (κ2) is 9.81. The minimum Gasteiger partial charge on any atom is -0.379 e. The molecule has 0 aliphatic heterocycles. The molecule has 0 saturated carbocycles. The van der Waals surface area contributed by atoms with Crippen LogP contribution in [0.4, 0.5) is 0 Å². The molecule has 0 N–H and O–H groups in total. The molecule has 0 aliphatic carbocycles. The number of fused-ring (bicyclic) bond motifs is 2. The Bertz CT molecular complexity index is 1540. The average molecular weight is 456 g/mol. The molecule has 0 aliphatic rings. The topological polar surface area (TPSA) is 102 Å². The maximum atomic E-state index is 13.3. The van der Waals surface area contributed by atoms with E-state index in [1.807, 2.05) is 32.9 Å². The van der Waals surface area contributed by atoms with E-state index in [0.29, 0.717) is 36.4 Å². The highest BCUT2D eigenvalue weighted by Crippen LogP contribution is 2.13. The number of ether oxygens (including phenoxy) is 1. The van der Waals surface area contributed by atoms with Gasteiger partial charge in [-0.15, -0.1) is 0 Å². The SMILES string of the molecule is Cc1cccn2c(=O)c3cc(C#N)c(=NC(=O)c4ccccc4)n(CCCOC(C)C)c3nc12. The molecule has 3 aromatic heterocycles. The molecule has 172 valence electrons. The van der Waals surface area contributed by atoms with Crippen LogP contribution < -0.4 is 11.0 Å². The average Bonchev–Trinajstić information content (AvgIpc) is 2.83. The van der Waals surface area contributed by atoms with Gasteiger partial charge in [0.25, 0.3) is 11.5 Å². The lowest BCUT2D eigenvalue weighted by Gasteiger charge is -2.15. The van der Waals surface area contributed by atoms with Gasteiger partial charge in [-0.2, -0.15) is 10.3 Å². The fourth-order valence-electron chi connectivity index (χ4n) is 3.78. The molecule has 0 atom stereocenters. The minimum atomic E-state index is -0.475. The van der Waals surface area contributed by atoms with Gasteiger partial charge in [0, 0.05) is 24.9 Å².